The van der Waals surface area contributed by atoms with Gasteiger partial charge in [-0.05, 0) is 42.8 Å². The van der Waals surface area contributed by atoms with Gasteiger partial charge in [0, 0.05) is 18.0 Å². The highest BCUT2D eigenvalue weighted by molar-refractivity contribution is 5.99. The van der Waals surface area contributed by atoms with E-state index in [1.165, 1.54) is 30.5 Å². The van der Waals surface area contributed by atoms with E-state index in [1.54, 1.807) is 18.3 Å². The summed E-state index contributed by atoms with van der Waals surface area (Å²) >= 11 is 0. The molecule has 0 N–H and O–H groups in total. The number of ether oxygens (including phenoxy) is 1. The number of carbonyl (C=O) groups excluding carboxylic acids is 1. The van der Waals surface area contributed by atoms with Gasteiger partial charge in [0.15, 0.2) is 6.10 Å². The van der Waals surface area contributed by atoms with Crippen LogP contribution in [0, 0.1) is 5.82 Å². The van der Waals surface area contributed by atoms with Crippen molar-refractivity contribution < 1.29 is 13.9 Å². The van der Waals surface area contributed by atoms with Gasteiger partial charge in [0.05, 0.1) is 0 Å². The third kappa shape index (κ3) is 3.37. The summed E-state index contributed by atoms with van der Waals surface area (Å²) in [5.41, 5.74) is 0.511. The first-order valence-corrected chi connectivity index (χ1v) is 6.07. The minimum Gasteiger partial charge on any atom is -0.482 e. The molecule has 1 unspecified atom stereocenters. The summed E-state index contributed by atoms with van der Waals surface area (Å²) in [4.78, 5) is 16.1. The molecule has 1 aromatic heterocycles. The number of hydrogen-bond donors (Lipinski definition) is 0. The minimum atomic E-state index is -0.588. The van der Waals surface area contributed by atoms with Crippen LogP contribution in [-0.2, 0) is 0 Å². The molecule has 0 saturated heterocycles. The summed E-state index contributed by atoms with van der Waals surface area (Å²) in [5, 5.41) is 0. The fourth-order valence-corrected chi connectivity index (χ4v) is 1.69. The predicted octanol–water partition coefficient (Wildman–Crippen LogP) is 3.26. The molecule has 0 aliphatic heterocycles. The Bertz CT molecular complexity index is 540. The van der Waals surface area contributed by atoms with Gasteiger partial charge in [-0.25, -0.2) is 4.39 Å². The van der Waals surface area contributed by atoms with Crippen molar-refractivity contribution in [1.82, 2.24) is 4.98 Å². The monoisotopic (exact) mass is 259 g/mol. The number of nitrogens with zero attached hydrogens (tertiary/aromatic N) is 1. The van der Waals surface area contributed by atoms with E-state index >= 15 is 0 Å². The van der Waals surface area contributed by atoms with Crippen molar-refractivity contribution in [3.63, 3.8) is 0 Å². The summed E-state index contributed by atoms with van der Waals surface area (Å²) in [7, 11) is 0. The second-order valence-electron chi connectivity index (χ2n) is 4.07. The zero-order valence-corrected chi connectivity index (χ0v) is 10.5. The van der Waals surface area contributed by atoms with E-state index in [9.17, 15) is 9.18 Å². The molecule has 2 aromatic rings. The third-order valence-corrected chi connectivity index (χ3v) is 2.70. The molecule has 0 bridgehead atoms. The van der Waals surface area contributed by atoms with Crippen molar-refractivity contribution in [2.45, 2.75) is 19.4 Å². The number of benzene rings is 1. The van der Waals surface area contributed by atoms with E-state index in [0.717, 1.165) is 0 Å². The lowest BCUT2D eigenvalue weighted by Crippen LogP contribution is -2.26. The highest BCUT2D eigenvalue weighted by atomic mass is 19.1. The summed E-state index contributed by atoms with van der Waals surface area (Å²) < 4.78 is 18.4. The van der Waals surface area contributed by atoms with Crippen molar-refractivity contribution in [3.05, 3.63) is 60.2 Å². The zero-order valence-electron chi connectivity index (χ0n) is 10.5. The molecule has 1 atom stereocenters. The number of aromatic nitrogens is 1. The van der Waals surface area contributed by atoms with E-state index < -0.39 is 6.10 Å². The maximum atomic E-state index is 12.8. The van der Waals surface area contributed by atoms with E-state index in [1.807, 2.05) is 6.92 Å². The lowest BCUT2D eigenvalue weighted by molar-refractivity contribution is 0.0786. The molecule has 4 heteroatoms. The molecular weight excluding hydrogens is 245 g/mol. The molecule has 0 radical (unpaired) electrons. The number of rotatable bonds is 5. The van der Waals surface area contributed by atoms with Crippen molar-refractivity contribution in [3.8, 4) is 5.75 Å². The van der Waals surface area contributed by atoms with Gasteiger partial charge in [0.1, 0.15) is 11.6 Å². The van der Waals surface area contributed by atoms with Gasteiger partial charge in [0.2, 0.25) is 5.78 Å². The Morgan fingerprint density at radius 2 is 2.05 bits per heavy atom. The first-order valence-electron chi connectivity index (χ1n) is 6.07. The molecule has 0 spiro atoms. The summed E-state index contributed by atoms with van der Waals surface area (Å²) in [6.45, 7) is 1.86. The second kappa shape index (κ2) is 6.09. The van der Waals surface area contributed by atoms with Crippen molar-refractivity contribution >= 4 is 5.78 Å². The van der Waals surface area contributed by atoms with E-state index in [0.29, 0.717) is 17.7 Å². The first kappa shape index (κ1) is 13.2. The zero-order chi connectivity index (χ0) is 13.7. The Morgan fingerprint density at radius 1 is 1.32 bits per heavy atom. The summed E-state index contributed by atoms with van der Waals surface area (Å²) in [6.07, 6.45) is 3.07. The van der Waals surface area contributed by atoms with Gasteiger partial charge in [-0.3, -0.25) is 9.78 Å². The molecule has 2 rings (SSSR count). The molecule has 0 saturated carbocycles. The largest absolute Gasteiger partial charge is 0.482 e. The average Bonchev–Trinajstić information content (AvgIpc) is 2.47. The number of halogens is 1. The van der Waals surface area contributed by atoms with E-state index in [4.69, 9.17) is 4.74 Å². The quantitative estimate of drug-likeness (QED) is 0.774. The predicted molar refractivity (Wildman–Crippen MR) is 69.7 cm³/mol. The minimum absolute atomic E-state index is 0.125. The maximum absolute atomic E-state index is 12.8. The van der Waals surface area contributed by atoms with E-state index in [-0.39, 0.29) is 11.6 Å². The fraction of sp³-hybridized carbons (Fsp3) is 0.200. The van der Waals surface area contributed by atoms with Crippen LogP contribution in [0.25, 0.3) is 0 Å². The Morgan fingerprint density at radius 3 is 2.63 bits per heavy atom. The van der Waals surface area contributed by atoms with Crippen LogP contribution >= 0.6 is 0 Å². The molecule has 19 heavy (non-hydrogen) atoms. The van der Waals surface area contributed by atoms with Gasteiger partial charge < -0.3 is 4.74 Å². The number of ketones is 1. The van der Waals surface area contributed by atoms with Crippen LogP contribution < -0.4 is 4.74 Å². The third-order valence-electron chi connectivity index (χ3n) is 2.70. The van der Waals surface area contributed by atoms with Crippen LogP contribution in [-0.4, -0.2) is 16.9 Å². The molecule has 0 aliphatic rings. The molecule has 1 aromatic carbocycles. The standard InChI is InChI=1S/C15H14FNO2/c1-2-14(15(18)11-4-3-9-17-10-11)19-13-7-5-12(16)6-8-13/h3-10,14H,2H2,1H3. The maximum Gasteiger partial charge on any atom is 0.204 e. The average molecular weight is 259 g/mol. The lowest BCUT2D eigenvalue weighted by Gasteiger charge is -2.16. The molecule has 0 amide bonds. The number of carbonyl (C=O) groups is 1. The smallest absolute Gasteiger partial charge is 0.204 e. The number of Topliss-reactive ketones (excluding diaryl/α,β-unsaturated/α-hetero) is 1. The Kier molecular flexibility index (Phi) is 4.23. The molecule has 0 aliphatic carbocycles. The van der Waals surface area contributed by atoms with Crippen LogP contribution in [0.1, 0.15) is 23.7 Å². The Labute approximate surface area is 111 Å². The van der Waals surface area contributed by atoms with Crippen molar-refractivity contribution in [2.24, 2.45) is 0 Å². The number of pyridine rings is 1. The van der Waals surface area contributed by atoms with Gasteiger partial charge in [-0.15, -0.1) is 0 Å². The van der Waals surface area contributed by atoms with E-state index in [2.05, 4.69) is 4.98 Å². The highest BCUT2D eigenvalue weighted by Gasteiger charge is 2.20. The molecule has 0 fully saturated rings. The van der Waals surface area contributed by atoms with Crippen LogP contribution in [0.2, 0.25) is 0 Å². The Hall–Kier alpha value is -2.23. The lowest BCUT2D eigenvalue weighted by atomic mass is 10.1. The molecular formula is C15H14FNO2. The van der Waals surface area contributed by atoms with Gasteiger partial charge in [-0.2, -0.15) is 0 Å². The van der Waals surface area contributed by atoms with Crippen LogP contribution in [0.3, 0.4) is 0 Å². The summed E-state index contributed by atoms with van der Waals surface area (Å²) in [6, 6.07) is 9.03. The van der Waals surface area contributed by atoms with Crippen LogP contribution in [0.4, 0.5) is 4.39 Å². The number of hydrogen-bond acceptors (Lipinski definition) is 3. The SMILES string of the molecule is CCC(Oc1ccc(F)cc1)C(=O)c1cccnc1. The van der Waals surface area contributed by atoms with Crippen LogP contribution in [0.15, 0.2) is 48.8 Å². The van der Waals surface area contributed by atoms with Crippen molar-refractivity contribution in [1.29, 1.82) is 0 Å². The fourth-order valence-electron chi connectivity index (χ4n) is 1.69. The highest BCUT2D eigenvalue weighted by Crippen LogP contribution is 2.16. The molecule has 98 valence electrons. The topological polar surface area (TPSA) is 39.2 Å². The van der Waals surface area contributed by atoms with Crippen molar-refractivity contribution in [2.75, 3.05) is 0 Å². The Balaban J connectivity index is 2.12. The van der Waals surface area contributed by atoms with Gasteiger partial charge in [-0.1, -0.05) is 6.92 Å². The van der Waals surface area contributed by atoms with Gasteiger partial charge in [0.25, 0.3) is 0 Å². The normalized spacial score (nSPS) is 11.9. The first-order chi connectivity index (χ1) is 9.20. The molecule has 1 heterocycles. The van der Waals surface area contributed by atoms with Gasteiger partial charge >= 0.3 is 0 Å². The van der Waals surface area contributed by atoms with Crippen LogP contribution in [0.5, 0.6) is 5.75 Å². The summed E-state index contributed by atoms with van der Waals surface area (Å²) in [5.74, 6) is 0.0180. The molecule has 3 nitrogen and oxygen atoms in total. The second-order valence-corrected chi connectivity index (χ2v) is 4.07.